The van der Waals surface area contributed by atoms with Crippen LogP contribution >= 0.6 is 11.3 Å². The second-order valence-electron chi connectivity index (χ2n) is 5.17. The number of carbonyl (C=O) groups is 1. The van der Waals surface area contributed by atoms with E-state index in [9.17, 15) is 4.79 Å². The number of amides is 1. The molecule has 0 saturated carbocycles. The van der Waals surface area contributed by atoms with Crippen LogP contribution in [-0.2, 0) is 11.2 Å². The highest BCUT2D eigenvalue weighted by Gasteiger charge is 2.12. The second-order valence-corrected chi connectivity index (χ2v) is 6.03. The predicted molar refractivity (Wildman–Crippen MR) is 93.5 cm³/mol. The molecule has 1 amide bonds. The fourth-order valence-corrected chi connectivity index (χ4v) is 3.11. The topological polar surface area (TPSA) is 46.1 Å². The van der Waals surface area contributed by atoms with Crippen LogP contribution in [-0.4, -0.2) is 22.9 Å². The number of nitrogens with zero attached hydrogens (tertiary/aromatic N) is 3. The molecule has 0 N–H and O–H groups in total. The molecule has 0 aliphatic heterocycles. The number of aromatic nitrogens is 2. The first kappa shape index (κ1) is 15.4. The molecule has 0 radical (unpaired) electrons. The quantitative estimate of drug-likeness (QED) is 0.717. The highest BCUT2D eigenvalue weighted by molar-refractivity contribution is 7.13. The average Bonchev–Trinajstić information content (AvgIpc) is 3.09. The molecule has 0 aliphatic rings. The first-order chi connectivity index (χ1) is 11.2. The highest BCUT2D eigenvalue weighted by Crippen LogP contribution is 2.23. The van der Waals surface area contributed by atoms with Crippen LogP contribution in [0, 0.1) is 0 Å². The van der Waals surface area contributed by atoms with Crippen LogP contribution in [0.1, 0.15) is 12.1 Å². The predicted octanol–water partition coefficient (Wildman–Crippen LogP) is 3.80. The van der Waals surface area contributed by atoms with Gasteiger partial charge in [-0.25, -0.2) is 4.98 Å². The second kappa shape index (κ2) is 7.15. The SMILES string of the molecule is CN(C(=O)CCc1csc(-c2ccncc2)n1)c1ccccc1. The number of hydrogen-bond donors (Lipinski definition) is 0. The van der Waals surface area contributed by atoms with Crippen LogP contribution in [0.15, 0.2) is 60.2 Å². The smallest absolute Gasteiger partial charge is 0.227 e. The Kier molecular flexibility index (Phi) is 4.78. The van der Waals surface area contributed by atoms with Crippen molar-refractivity contribution >= 4 is 22.9 Å². The molecule has 23 heavy (non-hydrogen) atoms. The van der Waals surface area contributed by atoms with Gasteiger partial charge in [0, 0.05) is 42.5 Å². The van der Waals surface area contributed by atoms with Crippen molar-refractivity contribution in [1.29, 1.82) is 0 Å². The van der Waals surface area contributed by atoms with E-state index in [-0.39, 0.29) is 5.91 Å². The molecule has 3 aromatic rings. The number of hydrogen-bond acceptors (Lipinski definition) is 4. The Morgan fingerprint density at radius 2 is 1.87 bits per heavy atom. The molecule has 4 nitrogen and oxygen atoms in total. The van der Waals surface area contributed by atoms with E-state index >= 15 is 0 Å². The van der Waals surface area contributed by atoms with Crippen molar-refractivity contribution in [2.75, 3.05) is 11.9 Å². The van der Waals surface area contributed by atoms with Crippen LogP contribution < -0.4 is 4.90 Å². The van der Waals surface area contributed by atoms with E-state index in [0.29, 0.717) is 12.8 Å². The first-order valence-electron chi connectivity index (χ1n) is 7.40. The molecule has 0 atom stereocenters. The van der Waals surface area contributed by atoms with Crippen molar-refractivity contribution in [2.45, 2.75) is 12.8 Å². The van der Waals surface area contributed by atoms with Crippen molar-refractivity contribution in [1.82, 2.24) is 9.97 Å². The summed E-state index contributed by atoms with van der Waals surface area (Å²) in [4.78, 5) is 22.6. The van der Waals surface area contributed by atoms with E-state index in [1.807, 2.05) is 47.8 Å². The van der Waals surface area contributed by atoms with E-state index in [1.54, 1.807) is 35.7 Å². The van der Waals surface area contributed by atoms with Crippen molar-refractivity contribution in [3.05, 3.63) is 65.9 Å². The zero-order valence-electron chi connectivity index (χ0n) is 12.8. The molecule has 116 valence electrons. The summed E-state index contributed by atoms with van der Waals surface area (Å²) in [5.41, 5.74) is 2.92. The van der Waals surface area contributed by atoms with E-state index in [4.69, 9.17) is 0 Å². The summed E-state index contributed by atoms with van der Waals surface area (Å²) < 4.78 is 0. The lowest BCUT2D eigenvalue weighted by Gasteiger charge is -2.16. The Balaban J connectivity index is 1.61. The van der Waals surface area contributed by atoms with E-state index in [2.05, 4.69) is 9.97 Å². The molecule has 0 aliphatic carbocycles. The zero-order valence-corrected chi connectivity index (χ0v) is 13.7. The number of thiazole rings is 1. The summed E-state index contributed by atoms with van der Waals surface area (Å²) >= 11 is 1.60. The number of pyridine rings is 1. The monoisotopic (exact) mass is 323 g/mol. The standard InChI is InChI=1S/C18H17N3OS/c1-21(16-5-3-2-4-6-16)17(22)8-7-15-13-23-18(20-15)14-9-11-19-12-10-14/h2-6,9-13H,7-8H2,1H3. The number of rotatable bonds is 5. The Bertz CT molecular complexity index is 771. The largest absolute Gasteiger partial charge is 0.315 e. The summed E-state index contributed by atoms with van der Waals surface area (Å²) in [5.74, 6) is 0.0923. The van der Waals surface area contributed by atoms with Gasteiger partial charge in [0.05, 0.1) is 5.69 Å². The van der Waals surface area contributed by atoms with Gasteiger partial charge < -0.3 is 4.90 Å². The number of benzene rings is 1. The summed E-state index contributed by atoms with van der Waals surface area (Å²) in [7, 11) is 1.81. The zero-order chi connectivity index (χ0) is 16.1. The van der Waals surface area contributed by atoms with E-state index in [1.165, 1.54) is 0 Å². The van der Waals surface area contributed by atoms with Crippen molar-refractivity contribution in [3.8, 4) is 10.6 Å². The molecule has 1 aromatic carbocycles. The summed E-state index contributed by atoms with van der Waals surface area (Å²) in [6.45, 7) is 0. The minimum absolute atomic E-state index is 0.0923. The molecule has 0 bridgehead atoms. The molecule has 3 rings (SSSR count). The molecule has 5 heteroatoms. The third-order valence-corrected chi connectivity index (χ3v) is 4.53. The van der Waals surface area contributed by atoms with Gasteiger partial charge in [0.1, 0.15) is 5.01 Å². The van der Waals surface area contributed by atoms with Crippen molar-refractivity contribution in [2.24, 2.45) is 0 Å². The number of anilines is 1. The van der Waals surface area contributed by atoms with Gasteiger partial charge in [0.25, 0.3) is 0 Å². The lowest BCUT2D eigenvalue weighted by molar-refractivity contribution is -0.118. The van der Waals surface area contributed by atoms with Gasteiger partial charge in [-0.3, -0.25) is 9.78 Å². The fraction of sp³-hybridized carbons (Fsp3) is 0.167. The summed E-state index contributed by atoms with van der Waals surface area (Å²) in [6, 6.07) is 13.6. The average molecular weight is 323 g/mol. The maximum Gasteiger partial charge on any atom is 0.227 e. The van der Waals surface area contributed by atoms with Gasteiger partial charge in [-0.1, -0.05) is 18.2 Å². The Hall–Kier alpha value is -2.53. The molecule has 0 unspecified atom stereocenters. The maximum atomic E-state index is 12.3. The van der Waals surface area contributed by atoms with Gasteiger partial charge in [-0.05, 0) is 30.7 Å². The maximum absolute atomic E-state index is 12.3. The number of carbonyl (C=O) groups excluding carboxylic acids is 1. The van der Waals surface area contributed by atoms with Crippen LogP contribution in [0.3, 0.4) is 0 Å². The van der Waals surface area contributed by atoms with Gasteiger partial charge in [0.2, 0.25) is 5.91 Å². The third-order valence-electron chi connectivity index (χ3n) is 3.59. The van der Waals surface area contributed by atoms with Gasteiger partial charge in [-0.2, -0.15) is 0 Å². The molecular weight excluding hydrogens is 306 g/mol. The van der Waals surface area contributed by atoms with Crippen LogP contribution in [0.4, 0.5) is 5.69 Å². The normalized spacial score (nSPS) is 10.5. The lowest BCUT2D eigenvalue weighted by Crippen LogP contribution is -2.26. The van der Waals surface area contributed by atoms with E-state index in [0.717, 1.165) is 22.0 Å². The molecule has 0 spiro atoms. The Morgan fingerprint density at radius 3 is 2.61 bits per heavy atom. The third kappa shape index (κ3) is 3.81. The van der Waals surface area contributed by atoms with Gasteiger partial charge >= 0.3 is 0 Å². The summed E-state index contributed by atoms with van der Waals surface area (Å²) in [6.07, 6.45) is 4.62. The molecule has 0 fully saturated rings. The lowest BCUT2D eigenvalue weighted by atomic mass is 10.2. The van der Waals surface area contributed by atoms with E-state index < -0.39 is 0 Å². The van der Waals surface area contributed by atoms with Crippen molar-refractivity contribution < 1.29 is 4.79 Å². The number of aryl methyl sites for hydroxylation is 1. The minimum atomic E-state index is 0.0923. The Labute approximate surface area is 139 Å². The minimum Gasteiger partial charge on any atom is -0.315 e. The van der Waals surface area contributed by atoms with Gasteiger partial charge in [0.15, 0.2) is 0 Å². The summed E-state index contributed by atoms with van der Waals surface area (Å²) in [5, 5.41) is 2.98. The van der Waals surface area contributed by atoms with Crippen LogP contribution in [0.25, 0.3) is 10.6 Å². The molecule has 2 heterocycles. The molecular formula is C18H17N3OS. The van der Waals surface area contributed by atoms with Crippen LogP contribution in [0.5, 0.6) is 0 Å². The fourth-order valence-electron chi connectivity index (χ4n) is 2.25. The number of para-hydroxylation sites is 1. The Morgan fingerprint density at radius 1 is 1.13 bits per heavy atom. The first-order valence-corrected chi connectivity index (χ1v) is 8.28. The van der Waals surface area contributed by atoms with Crippen molar-refractivity contribution in [3.63, 3.8) is 0 Å². The highest BCUT2D eigenvalue weighted by atomic mass is 32.1. The van der Waals surface area contributed by atoms with Gasteiger partial charge in [-0.15, -0.1) is 11.3 Å². The molecule has 2 aromatic heterocycles. The van der Waals surface area contributed by atoms with Crippen LogP contribution in [0.2, 0.25) is 0 Å². The molecule has 0 saturated heterocycles.